The fourth-order valence-corrected chi connectivity index (χ4v) is 2.96. The van der Waals surface area contributed by atoms with Crippen LogP contribution in [-0.2, 0) is 9.05 Å². The minimum absolute atomic E-state index is 0.0818. The first-order valence-corrected chi connectivity index (χ1v) is 8.58. The summed E-state index contributed by atoms with van der Waals surface area (Å²) in [5, 5.41) is 0. The lowest BCUT2D eigenvalue weighted by Gasteiger charge is -2.27. The number of hydrogen-bond donors (Lipinski definition) is 0. The SMILES string of the molecule is CCC(C)N(CC)C(=O)c1cc(F)ccc1S(=O)(=O)Cl. The van der Waals surface area contributed by atoms with Crippen LogP contribution in [0.15, 0.2) is 23.1 Å². The first-order valence-electron chi connectivity index (χ1n) is 6.27. The van der Waals surface area contributed by atoms with Gasteiger partial charge in [-0.15, -0.1) is 0 Å². The molecule has 0 fully saturated rings. The van der Waals surface area contributed by atoms with Crippen molar-refractivity contribution in [3.8, 4) is 0 Å². The molecular weight excluding hydrogens is 305 g/mol. The van der Waals surface area contributed by atoms with Crippen molar-refractivity contribution in [1.82, 2.24) is 4.90 Å². The summed E-state index contributed by atoms with van der Waals surface area (Å²) in [6.07, 6.45) is 0.706. The van der Waals surface area contributed by atoms with E-state index in [1.54, 1.807) is 6.92 Å². The first kappa shape index (κ1) is 16.9. The van der Waals surface area contributed by atoms with Crippen molar-refractivity contribution >= 4 is 25.6 Å². The van der Waals surface area contributed by atoms with Gasteiger partial charge in [0.1, 0.15) is 5.82 Å². The number of hydrogen-bond acceptors (Lipinski definition) is 3. The molecule has 0 aliphatic rings. The highest BCUT2D eigenvalue weighted by molar-refractivity contribution is 8.13. The lowest BCUT2D eigenvalue weighted by molar-refractivity contribution is 0.0695. The smallest absolute Gasteiger partial charge is 0.262 e. The average molecular weight is 322 g/mol. The molecule has 1 atom stereocenters. The van der Waals surface area contributed by atoms with E-state index in [9.17, 15) is 17.6 Å². The minimum Gasteiger partial charge on any atom is -0.336 e. The molecule has 7 heteroatoms. The van der Waals surface area contributed by atoms with Crippen molar-refractivity contribution in [2.24, 2.45) is 0 Å². The lowest BCUT2D eigenvalue weighted by atomic mass is 10.1. The normalized spacial score (nSPS) is 13.1. The molecule has 0 N–H and O–H groups in total. The maximum Gasteiger partial charge on any atom is 0.262 e. The predicted molar refractivity (Wildman–Crippen MR) is 75.9 cm³/mol. The summed E-state index contributed by atoms with van der Waals surface area (Å²) in [6, 6.07) is 2.80. The molecule has 112 valence electrons. The number of carbonyl (C=O) groups excluding carboxylic acids is 1. The summed E-state index contributed by atoms with van der Waals surface area (Å²) in [4.78, 5) is 13.6. The van der Waals surface area contributed by atoms with Crippen LogP contribution in [0.25, 0.3) is 0 Å². The molecule has 0 aliphatic heterocycles. The van der Waals surface area contributed by atoms with Gasteiger partial charge in [0.05, 0.1) is 10.5 Å². The summed E-state index contributed by atoms with van der Waals surface area (Å²) in [5.74, 6) is -1.22. The summed E-state index contributed by atoms with van der Waals surface area (Å²) >= 11 is 0. The lowest BCUT2D eigenvalue weighted by Crippen LogP contribution is -2.38. The molecule has 0 spiro atoms. The number of amides is 1. The quantitative estimate of drug-likeness (QED) is 0.783. The van der Waals surface area contributed by atoms with Crippen LogP contribution in [0.1, 0.15) is 37.6 Å². The molecule has 1 aromatic rings. The Balaban J connectivity index is 3.38. The molecule has 1 aromatic carbocycles. The summed E-state index contributed by atoms with van der Waals surface area (Å²) in [7, 11) is 1.19. The predicted octanol–water partition coefficient (Wildman–Crippen LogP) is 3.01. The minimum atomic E-state index is -4.11. The van der Waals surface area contributed by atoms with E-state index in [-0.39, 0.29) is 16.5 Å². The van der Waals surface area contributed by atoms with Gasteiger partial charge in [-0.2, -0.15) is 0 Å². The van der Waals surface area contributed by atoms with Gasteiger partial charge in [0.25, 0.3) is 15.0 Å². The van der Waals surface area contributed by atoms with E-state index < -0.39 is 20.8 Å². The summed E-state index contributed by atoms with van der Waals surface area (Å²) < 4.78 is 36.3. The van der Waals surface area contributed by atoms with Gasteiger partial charge in [0.2, 0.25) is 0 Å². The zero-order valence-electron chi connectivity index (χ0n) is 11.6. The van der Waals surface area contributed by atoms with Crippen LogP contribution in [0.3, 0.4) is 0 Å². The van der Waals surface area contributed by atoms with Crippen molar-refractivity contribution in [3.63, 3.8) is 0 Å². The van der Waals surface area contributed by atoms with Gasteiger partial charge >= 0.3 is 0 Å². The van der Waals surface area contributed by atoms with E-state index in [0.717, 1.165) is 18.2 Å². The maximum absolute atomic E-state index is 13.3. The molecule has 0 radical (unpaired) electrons. The third-order valence-electron chi connectivity index (χ3n) is 3.16. The standard InChI is InChI=1S/C13H17ClFNO3S/c1-4-9(3)16(5-2)13(17)11-8-10(15)6-7-12(11)20(14,18)19/h6-9H,4-5H2,1-3H3. The molecular formula is C13H17ClFNO3S. The van der Waals surface area contributed by atoms with Crippen molar-refractivity contribution in [2.75, 3.05) is 6.54 Å². The van der Waals surface area contributed by atoms with Gasteiger partial charge in [-0.05, 0) is 38.5 Å². The van der Waals surface area contributed by atoms with Gasteiger partial charge in [-0.3, -0.25) is 4.79 Å². The molecule has 1 rings (SSSR count). The van der Waals surface area contributed by atoms with Crippen LogP contribution in [0, 0.1) is 5.82 Å². The molecule has 0 saturated carbocycles. The van der Waals surface area contributed by atoms with E-state index in [2.05, 4.69) is 0 Å². The zero-order valence-corrected chi connectivity index (χ0v) is 13.1. The molecule has 20 heavy (non-hydrogen) atoms. The van der Waals surface area contributed by atoms with Gasteiger partial charge in [-0.25, -0.2) is 12.8 Å². The fourth-order valence-electron chi connectivity index (χ4n) is 1.91. The highest BCUT2D eigenvalue weighted by atomic mass is 35.7. The third kappa shape index (κ3) is 3.70. The fraction of sp³-hybridized carbons (Fsp3) is 0.462. The molecule has 4 nitrogen and oxygen atoms in total. The second kappa shape index (κ2) is 6.54. The van der Waals surface area contributed by atoms with Crippen LogP contribution in [0.4, 0.5) is 4.39 Å². The number of rotatable bonds is 5. The van der Waals surface area contributed by atoms with Crippen molar-refractivity contribution < 1.29 is 17.6 Å². The van der Waals surface area contributed by atoms with E-state index >= 15 is 0 Å². The highest BCUT2D eigenvalue weighted by Crippen LogP contribution is 2.23. The Morgan fingerprint density at radius 3 is 2.45 bits per heavy atom. The van der Waals surface area contributed by atoms with Crippen LogP contribution >= 0.6 is 10.7 Å². The van der Waals surface area contributed by atoms with E-state index in [4.69, 9.17) is 10.7 Å². The Morgan fingerprint density at radius 1 is 1.40 bits per heavy atom. The maximum atomic E-state index is 13.3. The van der Waals surface area contributed by atoms with Gasteiger partial charge in [-0.1, -0.05) is 6.92 Å². The Hall–Kier alpha value is -1.14. The molecule has 0 bridgehead atoms. The number of halogens is 2. The van der Waals surface area contributed by atoms with Crippen LogP contribution in [0.5, 0.6) is 0 Å². The van der Waals surface area contributed by atoms with Gasteiger partial charge in [0, 0.05) is 23.3 Å². The first-order chi connectivity index (χ1) is 9.22. The second-order valence-electron chi connectivity index (χ2n) is 4.43. The monoisotopic (exact) mass is 321 g/mol. The van der Waals surface area contributed by atoms with Gasteiger partial charge in [0.15, 0.2) is 0 Å². The Kier molecular flexibility index (Phi) is 5.53. The van der Waals surface area contributed by atoms with Gasteiger partial charge < -0.3 is 4.90 Å². The Bertz CT molecular complexity index is 604. The number of benzene rings is 1. The molecule has 0 heterocycles. The molecule has 1 amide bonds. The average Bonchev–Trinajstić information content (AvgIpc) is 2.37. The van der Waals surface area contributed by atoms with E-state index in [1.807, 2.05) is 13.8 Å². The Labute approximate surface area is 123 Å². The summed E-state index contributed by atoms with van der Waals surface area (Å²) in [5.41, 5.74) is -0.234. The van der Waals surface area contributed by atoms with Crippen LogP contribution < -0.4 is 0 Å². The van der Waals surface area contributed by atoms with E-state index in [1.165, 1.54) is 4.90 Å². The van der Waals surface area contributed by atoms with Crippen LogP contribution in [-0.4, -0.2) is 31.8 Å². The topological polar surface area (TPSA) is 54.5 Å². The van der Waals surface area contributed by atoms with Crippen molar-refractivity contribution in [2.45, 2.75) is 38.1 Å². The van der Waals surface area contributed by atoms with Crippen molar-refractivity contribution in [3.05, 3.63) is 29.6 Å². The molecule has 1 unspecified atom stereocenters. The molecule has 0 aromatic heterocycles. The zero-order chi connectivity index (χ0) is 15.5. The van der Waals surface area contributed by atoms with E-state index in [0.29, 0.717) is 13.0 Å². The van der Waals surface area contributed by atoms with Crippen molar-refractivity contribution in [1.29, 1.82) is 0 Å². The molecule has 0 saturated heterocycles. The Morgan fingerprint density at radius 2 is 2.00 bits per heavy atom. The highest BCUT2D eigenvalue weighted by Gasteiger charge is 2.26. The largest absolute Gasteiger partial charge is 0.336 e. The molecule has 0 aliphatic carbocycles. The second-order valence-corrected chi connectivity index (χ2v) is 6.96. The number of carbonyl (C=O) groups is 1. The van der Waals surface area contributed by atoms with Crippen LogP contribution in [0.2, 0.25) is 0 Å². The third-order valence-corrected chi connectivity index (χ3v) is 4.54. The number of nitrogens with zero attached hydrogens (tertiary/aromatic N) is 1. The summed E-state index contributed by atoms with van der Waals surface area (Å²) in [6.45, 7) is 5.92.